The number of fused-ring (bicyclic) bond motifs is 1. The summed E-state index contributed by atoms with van der Waals surface area (Å²) in [5.74, 6) is -1.28. The van der Waals surface area contributed by atoms with Gasteiger partial charge in [-0.15, -0.1) is 0 Å². The maximum atomic E-state index is 13.6. The van der Waals surface area contributed by atoms with Crippen LogP contribution in [0.25, 0.3) is 10.8 Å². The van der Waals surface area contributed by atoms with Crippen molar-refractivity contribution < 1.29 is 17.2 Å². The van der Waals surface area contributed by atoms with Crippen LogP contribution in [0.1, 0.15) is 5.56 Å². The summed E-state index contributed by atoms with van der Waals surface area (Å²) in [7, 11) is -3.82. The molecule has 3 aromatic carbocycles. The van der Waals surface area contributed by atoms with Gasteiger partial charge in [-0.3, -0.25) is 0 Å². The molecule has 23 heavy (non-hydrogen) atoms. The zero-order chi connectivity index (χ0) is 16.4. The number of rotatable bonds is 4. The highest BCUT2D eigenvalue weighted by Gasteiger charge is 2.15. The lowest BCUT2D eigenvalue weighted by atomic mass is 10.1. The highest BCUT2D eigenvalue weighted by molar-refractivity contribution is 7.89. The van der Waals surface area contributed by atoms with E-state index in [2.05, 4.69) is 4.72 Å². The van der Waals surface area contributed by atoms with Gasteiger partial charge in [0, 0.05) is 12.1 Å². The van der Waals surface area contributed by atoms with Crippen LogP contribution in [-0.2, 0) is 16.6 Å². The zero-order valence-electron chi connectivity index (χ0n) is 12.0. The van der Waals surface area contributed by atoms with Gasteiger partial charge >= 0.3 is 0 Å². The van der Waals surface area contributed by atoms with Crippen molar-refractivity contribution in [3.05, 3.63) is 77.9 Å². The maximum Gasteiger partial charge on any atom is 0.240 e. The van der Waals surface area contributed by atoms with Gasteiger partial charge in [0.05, 0.1) is 4.90 Å². The third-order valence-electron chi connectivity index (χ3n) is 3.49. The Labute approximate surface area is 132 Å². The molecule has 0 heterocycles. The summed E-state index contributed by atoms with van der Waals surface area (Å²) in [6.07, 6.45) is 0. The first-order valence-corrected chi connectivity index (χ1v) is 8.36. The summed E-state index contributed by atoms with van der Waals surface area (Å²) < 4.78 is 53.6. The fourth-order valence-corrected chi connectivity index (χ4v) is 3.31. The van der Waals surface area contributed by atoms with Gasteiger partial charge in [-0.05, 0) is 41.1 Å². The molecule has 0 aromatic heterocycles. The average Bonchev–Trinajstić information content (AvgIpc) is 2.55. The summed E-state index contributed by atoms with van der Waals surface area (Å²) in [6, 6.07) is 15.0. The van der Waals surface area contributed by atoms with Crippen LogP contribution in [-0.4, -0.2) is 8.42 Å². The number of halogens is 2. The minimum Gasteiger partial charge on any atom is -0.207 e. The number of hydrogen-bond donors (Lipinski definition) is 1. The topological polar surface area (TPSA) is 46.2 Å². The van der Waals surface area contributed by atoms with E-state index in [1.165, 1.54) is 6.07 Å². The monoisotopic (exact) mass is 333 g/mol. The van der Waals surface area contributed by atoms with Gasteiger partial charge in [0.2, 0.25) is 10.0 Å². The van der Waals surface area contributed by atoms with Crippen molar-refractivity contribution in [2.75, 3.05) is 0 Å². The molecule has 0 aliphatic heterocycles. The SMILES string of the molecule is O=S(=O)(NCc1cc(F)ccc1F)c1ccc2ccccc2c1. The van der Waals surface area contributed by atoms with E-state index in [1.807, 2.05) is 18.2 Å². The van der Waals surface area contributed by atoms with Crippen LogP contribution in [0.2, 0.25) is 0 Å². The van der Waals surface area contributed by atoms with Gasteiger partial charge in [-0.1, -0.05) is 30.3 Å². The number of hydrogen-bond acceptors (Lipinski definition) is 2. The van der Waals surface area contributed by atoms with Crippen molar-refractivity contribution in [2.24, 2.45) is 0 Å². The summed E-state index contributed by atoms with van der Waals surface area (Å²) >= 11 is 0. The van der Waals surface area contributed by atoms with Crippen molar-refractivity contribution in [3.8, 4) is 0 Å². The van der Waals surface area contributed by atoms with Crippen molar-refractivity contribution >= 4 is 20.8 Å². The van der Waals surface area contributed by atoms with Crippen molar-refractivity contribution in [2.45, 2.75) is 11.4 Å². The smallest absolute Gasteiger partial charge is 0.207 e. The fraction of sp³-hybridized carbons (Fsp3) is 0.0588. The summed E-state index contributed by atoms with van der Waals surface area (Å²) in [6.45, 7) is -0.321. The molecule has 3 aromatic rings. The summed E-state index contributed by atoms with van der Waals surface area (Å²) in [5.41, 5.74) is -0.0469. The summed E-state index contributed by atoms with van der Waals surface area (Å²) in [4.78, 5) is 0.0769. The molecule has 3 rings (SSSR count). The number of nitrogens with one attached hydrogen (secondary N) is 1. The van der Waals surface area contributed by atoms with E-state index in [4.69, 9.17) is 0 Å². The first-order valence-electron chi connectivity index (χ1n) is 6.88. The first kappa shape index (κ1) is 15.6. The maximum absolute atomic E-state index is 13.6. The Morgan fingerprint density at radius 1 is 0.870 bits per heavy atom. The predicted octanol–water partition coefficient (Wildman–Crippen LogP) is 3.60. The molecule has 118 valence electrons. The van der Waals surface area contributed by atoms with E-state index in [0.717, 1.165) is 29.0 Å². The van der Waals surface area contributed by atoms with Crippen LogP contribution in [0, 0.1) is 11.6 Å². The Hall–Kier alpha value is -2.31. The molecule has 0 fully saturated rings. The second-order valence-electron chi connectivity index (χ2n) is 5.07. The van der Waals surface area contributed by atoms with Gasteiger partial charge in [0.1, 0.15) is 11.6 Å². The highest BCUT2D eigenvalue weighted by Crippen LogP contribution is 2.19. The van der Waals surface area contributed by atoms with E-state index in [9.17, 15) is 17.2 Å². The third-order valence-corrected chi connectivity index (χ3v) is 4.89. The second-order valence-corrected chi connectivity index (χ2v) is 6.84. The Kier molecular flexibility index (Phi) is 4.11. The zero-order valence-corrected chi connectivity index (χ0v) is 12.8. The van der Waals surface area contributed by atoms with Gasteiger partial charge in [0.15, 0.2) is 0 Å². The molecule has 0 amide bonds. The largest absolute Gasteiger partial charge is 0.240 e. The molecule has 3 nitrogen and oxygen atoms in total. The third kappa shape index (κ3) is 3.38. The Morgan fingerprint density at radius 3 is 2.39 bits per heavy atom. The molecule has 1 N–H and O–H groups in total. The molecule has 0 saturated carbocycles. The Morgan fingerprint density at radius 2 is 1.61 bits per heavy atom. The lowest BCUT2D eigenvalue weighted by molar-refractivity contribution is 0.567. The molecule has 0 bridgehead atoms. The van der Waals surface area contributed by atoms with Crippen LogP contribution < -0.4 is 4.72 Å². The highest BCUT2D eigenvalue weighted by atomic mass is 32.2. The minimum absolute atomic E-state index is 0.0469. The molecule has 0 radical (unpaired) electrons. The number of sulfonamides is 1. The van der Waals surface area contributed by atoms with Crippen molar-refractivity contribution in [1.82, 2.24) is 4.72 Å². The molecule has 0 aliphatic rings. The van der Waals surface area contributed by atoms with E-state index in [1.54, 1.807) is 18.2 Å². The van der Waals surface area contributed by atoms with Crippen LogP contribution >= 0.6 is 0 Å². The van der Waals surface area contributed by atoms with E-state index in [-0.39, 0.29) is 17.0 Å². The Balaban J connectivity index is 1.87. The van der Waals surface area contributed by atoms with Gasteiger partial charge in [-0.2, -0.15) is 0 Å². The van der Waals surface area contributed by atoms with E-state index in [0.29, 0.717) is 0 Å². The second kappa shape index (κ2) is 6.06. The lowest BCUT2D eigenvalue weighted by Crippen LogP contribution is -2.23. The van der Waals surface area contributed by atoms with Gasteiger partial charge in [-0.25, -0.2) is 21.9 Å². The predicted molar refractivity (Wildman–Crippen MR) is 84.3 cm³/mol. The molecular weight excluding hydrogens is 320 g/mol. The van der Waals surface area contributed by atoms with E-state index >= 15 is 0 Å². The first-order chi connectivity index (χ1) is 11.0. The molecule has 6 heteroatoms. The van der Waals surface area contributed by atoms with Crippen molar-refractivity contribution in [3.63, 3.8) is 0 Å². The molecule has 0 spiro atoms. The van der Waals surface area contributed by atoms with Gasteiger partial charge < -0.3 is 0 Å². The molecule has 0 saturated heterocycles. The van der Waals surface area contributed by atoms with Gasteiger partial charge in [0.25, 0.3) is 0 Å². The lowest BCUT2D eigenvalue weighted by Gasteiger charge is -2.09. The van der Waals surface area contributed by atoms with Crippen molar-refractivity contribution in [1.29, 1.82) is 0 Å². The van der Waals surface area contributed by atoms with Crippen LogP contribution in [0.5, 0.6) is 0 Å². The fourth-order valence-electron chi connectivity index (χ4n) is 2.27. The quantitative estimate of drug-likeness (QED) is 0.793. The minimum atomic E-state index is -3.82. The normalized spacial score (nSPS) is 11.7. The number of benzene rings is 3. The molecule has 0 atom stereocenters. The van der Waals surface area contributed by atoms with Crippen LogP contribution in [0.3, 0.4) is 0 Å². The van der Waals surface area contributed by atoms with E-state index < -0.39 is 21.7 Å². The molecule has 0 unspecified atom stereocenters. The standard InChI is InChI=1S/C17H13F2NO2S/c18-15-6-8-17(19)14(9-15)11-20-23(21,22)16-7-5-12-3-1-2-4-13(12)10-16/h1-10,20H,11H2. The molecule has 0 aliphatic carbocycles. The Bertz CT molecular complexity index is 971. The van der Waals surface area contributed by atoms with Crippen LogP contribution in [0.15, 0.2) is 65.6 Å². The van der Waals surface area contributed by atoms with Crippen LogP contribution in [0.4, 0.5) is 8.78 Å². The molecular formula is C17H13F2NO2S. The summed E-state index contributed by atoms with van der Waals surface area (Å²) in [5, 5.41) is 1.70. The average molecular weight is 333 g/mol.